The van der Waals surface area contributed by atoms with Gasteiger partial charge in [-0.25, -0.2) is 65.9 Å². The largest absolute Gasteiger partial charge is 0.473 e. The second-order valence-corrected chi connectivity index (χ2v) is 8.68. The Morgan fingerprint density at radius 2 is 0.595 bits per heavy atom. The molecule has 0 amide bonds. The van der Waals surface area contributed by atoms with Gasteiger partial charge in [0.2, 0.25) is 0 Å². The summed E-state index contributed by atoms with van der Waals surface area (Å²) >= 11 is 0. The van der Waals surface area contributed by atoms with E-state index in [1.807, 2.05) is 0 Å². The van der Waals surface area contributed by atoms with Gasteiger partial charge >= 0.3 is 0 Å². The molecule has 0 aliphatic heterocycles. The predicted octanol–water partition coefficient (Wildman–Crippen LogP) is 5.53. The molecule has 0 atom stereocenters. The smallest absolute Gasteiger partial charge is 0.200 e. The lowest BCUT2D eigenvalue weighted by Crippen LogP contribution is -2.80. The van der Waals surface area contributed by atoms with Crippen molar-refractivity contribution in [1.29, 1.82) is 0 Å². The summed E-state index contributed by atoms with van der Waals surface area (Å²) in [6.07, 6.45) is -5.79. The molecule has 0 aliphatic rings. The fourth-order valence-corrected chi connectivity index (χ4v) is 4.61. The number of benzene rings is 4. The van der Waals surface area contributed by atoms with Crippen molar-refractivity contribution >= 4 is 22.7 Å². The Morgan fingerprint density at radius 1 is 0.357 bits per heavy atom. The van der Waals surface area contributed by atoms with Gasteiger partial charge in [0, 0.05) is 0 Å². The number of hydrogen-bond donors (Lipinski definition) is 1. The van der Waals surface area contributed by atoms with Crippen molar-refractivity contribution in [2.45, 2.75) is 6.54 Å². The van der Waals surface area contributed by atoms with E-state index in [0.717, 1.165) is 12.1 Å². The molecule has 1 nitrogen and oxygen atoms in total. The van der Waals surface area contributed by atoms with Gasteiger partial charge < -0.3 is 5.23 Å². The summed E-state index contributed by atoms with van der Waals surface area (Å²) in [5.41, 5.74) is -8.35. The molecular weight excluding hydrogens is 610 g/mol. The highest BCUT2D eigenvalue weighted by Gasteiger charge is 2.48. The normalized spacial score (nSPS) is 11.9. The molecule has 0 aliphatic carbocycles. The average Bonchev–Trinajstić information content (AvgIpc) is 2.98. The van der Waals surface area contributed by atoms with Crippen molar-refractivity contribution in [3.8, 4) is 0 Å². The molecule has 4 aromatic rings. The van der Waals surface area contributed by atoms with Crippen LogP contribution in [0.3, 0.4) is 0 Å². The minimum absolute atomic E-state index is 0.208. The zero-order valence-corrected chi connectivity index (χ0v) is 19.8. The van der Waals surface area contributed by atoms with Gasteiger partial charge in [-0.2, -0.15) is 0 Å². The summed E-state index contributed by atoms with van der Waals surface area (Å²) in [5, 5.41) is 1.62. The van der Waals surface area contributed by atoms with Crippen LogP contribution in [-0.4, -0.2) is 6.28 Å². The van der Waals surface area contributed by atoms with E-state index in [4.69, 9.17) is 0 Å². The van der Waals surface area contributed by atoms with Crippen LogP contribution in [-0.2, 0) is 6.54 Å². The van der Waals surface area contributed by atoms with Gasteiger partial charge in [-0.05, 0) is 12.1 Å². The zero-order valence-electron chi connectivity index (χ0n) is 19.8. The summed E-state index contributed by atoms with van der Waals surface area (Å²) in [6, 6.07) is 5.90. The Bertz CT molecular complexity index is 1490. The molecule has 0 saturated carbocycles. The molecule has 0 aromatic heterocycles. The third kappa shape index (κ3) is 4.37. The van der Waals surface area contributed by atoms with Crippen LogP contribution in [0, 0.1) is 87.3 Å². The van der Waals surface area contributed by atoms with Gasteiger partial charge in [-0.1, -0.05) is 30.3 Å². The molecular formula is C25H8BF15N-. The topological polar surface area (TPSA) is 12.0 Å². The highest BCUT2D eigenvalue weighted by molar-refractivity contribution is 7.10. The van der Waals surface area contributed by atoms with Crippen molar-refractivity contribution in [2.24, 2.45) is 0 Å². The van der Waals surface area contributed by atoms with Crippen LogP contribution in [0.1, 0.15) is 5.56 Å². The Morgan fingerprint density at radius 3 is 0.857 bits per heavy atom. The standard InChI is InChI=1S/C25H8BF15N/c27-11-8(12(28)18(34)23(39)17(11)33)26(42-6-7-4-2-1-3-5-7,9-13(29)19(35)24(40)20(36)14(9)30)10-15(31)21(37)25(41)22(38)16(10)32/h1-5,42H,6H2/q-1. The first-order chi connectivity index (χ1) is 19.6. The van der Waals surface area contributed by atoms with E-state index in [1.54, 1.807) is 5.23 Å². The number of hydrogen-bond acceptors (Lipinski definition) is 1. The second kappa shape index (κ2) is 10.9. The maximum atomic E-state index is 15.3. The lowest BCUT2D eigenvalue weighted by Gasteiger charge is -2.45. The van der Waals surface area contributed by atoms with Crippen LogP contribution in [0.4, 0.5) is 65.9 Å². The second-order valence-electron chi connectivity index (χ2n) is 8.68. The molecule has 222 valence electrons. The molecule has 0 saturated heterocycles. The first-order valence-electron chi connectivity index (χ1n) is 11.1. The van der Waals surface area contributed by atoms with E-state index in [1.165, 1.54) is 18.2 Å². The molecule has 42 heavy (non-hydrogen) atoms. The van der Waals surface area contributed by atoms with Gasteiger partial charge in [-0.3, -0.25) is 0 Å². The Kier molecular flexibility index (Phi) is 8.01. The molecule has 0 heterocycles. The van der Waals surface area contributed by atoms with Crippen molar-refractivity contribution in [1.82, 2.24) is 5.23 Å². The van der Waals surface area contributed by atoms with Crippen LogP contribution >= 0.6 is 0 Å². The summed E-state index contributed by atoms with van der Waals surface area (Å²) in [4.78, 5) is 0. The SMILES string of the molecule is Fc1c(F)c(F)c([B-](NCc2ccccc2)(c2c(F)c(F)c(F)c(F)c2F)c2c(F)c(F)c(F)c(F)c2F)c(F)c1F. The third-order valence-corrected chi connectivity index (χ3v) is 6.49. The van der Waals surface area contributed by atoms with E-state index in [0.29, 0.717) is 0 Å². The predicted molar refractivity (Wildman–Crippen MR) is 117 cm³/mol. The van der Waals surface area contributed by atoms with Crippen LogP contribution in [0.5, 0.6) is 0 Å². The van der Waals surface area contributed by atoms with Gasteiger partial charge in [-0.15, -0.1) is 16.4 Å². The van der Waals surface area contributed by atoms with Crippen LogP contribution in [0.2, 0.25) is 0 Å². The molecule has 4 aromatic carbocycles. The van der Waals surface area contributed by atoms with E-state index in [-0.39, 0.29) is 5.56 Å². The van der Waals surface area contributed by atoms with Crippen LogP contribution in [0.25, 0.3) is 0 Å². The summed E-state index contributed by atoms with van der Waals surface area (Å²) < 4.78 is 220. The van der Waals surface area contributed by atoms with Crippen LogP contribution < -0.4 is 21.6 Å². The maximum Gasteiger partial charge on any atom is 0.200 e. The molecule has 4 rings (SSSR count). The highest BCUT2D eigenvalue weighted by Crippen LogP contribution is 2.27. The van der Waals surface area contributed by atoms with Crippen molar-refractivity contribution in [2.75, 3.05) is 0 Å². The lowest BCUT2D eigenvalue weighted by atomic mass is 9.23. The minimum atomic E-state index is -5.79. The third-order valence-electron chi connectivity index (χ3n) is 6.49. The van der Waals surface area contributed by atoms with E-state index < -0.39 is 116 Å². The Balaban J connectivity index is 2.39. The van der Waals surface area contributed by atoms with Gasteiger partial charge in [0.25, 0.3) is 0 Å². The molecule has 0 unspecified atom stereocenters. The minimum Gasteiger partial charge on any atom is -0.473 e. The van der Waals surface area contributed by atoms with Gasteiger partial charge in [0.15, 0.2) is 58.6 Å². The van der Waals surface area contributed by atoms with E-state index in [9.17, 15) is 39.5 Å². The lowest BCUT2D eigenvalue weighted by molar-refractivity contribution is 0.379. The quantitative estimate of drug-likeness (QED) is 0.130. The average molecular weight is 618 g/mol. The number of nitrogens with one attached hydrogen (secondary N) is 1. The van der Waals surface area contributed by atoms with Crippen LogP contribution in [0.15, 0.2) is 30.3 Å². The summed E-state index contributed by atoms with van der Waals surface area (Å²) in [7, 11) is 0. The molecule has 1 N–H and O–H groups in total. The molecule has 0 fully saturated rings. The molecule has 0 spiro atoms. The first-order valence-corrected chi connectivity index (χ1v) is 11.1. The number of halogens is 15. The first kappa shape index (κ1) is 30.8. The van der Waals surface area contributed by atoms with E-state index in [2.05, 4.69) is 0 Å². The fourth-order valence-electron chi connectivity index (χ4n) is 4.61. The molecule has 0 bridgehead atoms. The van der Waals surface area contributed by atoms with Gasteiger partial charge in [0.1, 0.15) is 34.9 Å². The summed E-state index contributed by atoms with van der Waals surface area (Å²) in [5.74, 6) is -45.7. The maximum absolute atomic E-state index is 15.3. The number of rotatable bonds is 6. The van der Waals surface area contributed by atoms with Crippen molar-refractivity contribution < 1.29 is 65.9 Å². The van der Waals surface area contributed by atoms with Gasteiger partial charge in [0.05, 0.1) is 0 Å². The fraction of sp³-hybridized carbons (Fsp3) is 0.0400. The molecule has 17 heteroatoms. The van der Waals surface area contributed by atoms with E-state index >= 15 is 26.3 Å². The molecule has 0 radical (unpaired) electrons. The highest BCUT2D eigenvalue weighted by atomic mass is 19.2. The Hall–Kier alpha value is -4.15. The van der Waals surface area contributed by atoms with Crippen molar-refractivity contribution in [3.05, 3.63) is 123 Å². The Labute approximate surface area is 224 Å². The zero-order chi connectivity index (χ0) is 31.4. The monoisotopic (exact) mass is 618 g/mol. The summed E-state index contributed by atoms with van der Waals surface area (Å²) in [6.45, 7) is -1.22. The van der Waals surface area contributed by atoms with Crippen molar-refractivity contribution in [3.63, 3.8) is 0 Å².